The van der Waals surface area contributed by atoms with E-state index in [9.17, 15) is 13.6 Å². The number of imidazole rings is 1. The van der Waals surface area contributed by atoms with Crippen LogP contribution in [0, 0.1) is 18.6 Å². The van der Waals surface area contributed by atoms with E-state index in [0.717, 1.165) is 42.3 Å². The van der Waals surface area contributed by atoms with Gasteiger partial charge in [0.05, 0.1) is 16.4 Å². The Morgan fingerprint density at radius 2 is 1.87 bits per heavy atom. The molecule has 9 heteroatoms. The molecule has 1 aliphatic rings. The van der Waals surface area contributed by atoms with Crippen molar-refractivity contribution in [1.82, 2.24) is 14.7 Å². The summed E-state index contributed by atoms with van der Waals surface area (Å²) in [7, 11) is 0. The first-order valence-corrected chi connectivity index (χ1v) is 11.2. The zero-order chi connectivity index (χ0) is 22.3. The summed E-state index contributed by atoms with van der Waals surface area (Å²) in [5.41, 5.74) is 1.16. The highest BCUT2D eigenvalue weighted by molar-refractivity contribution is 7.18. The van der Waals surface area contributed by atoms with Gasteiger partial charge in [0.2, 0.25) is 0 Å². The van der Waals surface area contributed by atoms with E-state index in [0.29, 0.717) is 11.7 Å². The van der Waals surface area contributed by atoms with Crippen molar-refractivity contribution >= 4 is 33.6 Å². The molecule has 1 amide bonds. The van der Waals surface area contributed by atoms with Gasteiger partial charge in [-0.2, -0.15) is 0 Å². The monoisotopic (exact) mass is 447 g/mol. The molecule has 0 aliphatic carbocycles. The molecule has 1 fully saturated rings. The van der Waals surface area contributed by atoms with Crippen molar-refractivity contribution < 1.29 is 13.6 Å². The molecule has 31 heavy (non-hydrogen) atoms. The number of rotatable bonds is 4. The summed E-state index contributed by atoms with van der Waals surface area (Å²) in [6, 6.07) is 3.04. The van der Waals surface area contributed by atoms with Crippen LogP contribution >= 0.6 is 11.3 Å². The van der Waals surface area contributed by atoms with Gasteiger partial charge in [-0.05, 0) is 40.5 Å². The lowest BCUT2D eigenvalue weighted by Gasteiger charge is -2.36. The summed E-state index contributed by atoms with van der Waals surface area (Å²) < 4.78 is 30.3. The highest BCUT2D eigenvalue weighted by atomic mass is 32.1. The van der Waals surface area contributed by atoms with E-state index in [1.165, 1.54) is 16.5 Å². The van der Waals surface area contributed by atoms with Gasteiger partial charge in [-0.25, -0.2) is 13.8 Å². The number of anilines is 2. The highest BCUT2D eigenvalue weighted by Crippen LogP contribution is 2.32. The Labute approximate surface area is 184 Å². The van der Waals surface area contributed by atoms with Crippen LogP contribution in [0.15, 0.2) is 24.5 Å². The van der Waals surface area contributed by atoms with Gasteiger partial charge in [-0.15, -0.1) is 11.3 Å². The third-order valence-corrected chi connectivity index (χ3v) is 6.38. The molecule has 0 radical (unpaired) electrons. The van der Waals surface area contributed by atoms with E-state index in [4.69, 9.17) is 0 Å². The second-order valence-corrected chi connectivity index (χ2v) is 10.1. The molecule has 0 bridgehead atoms. The average molecular weight is 448 g/mol. The highest BCUT2D eigenvalue weighted by Gasteiger charge is 2.26. The maximum Gasteiger partial charge on any atom is 0.268 e. The molecule has 166 valence electrons. The number of nitrogens with one attached hydrogen (secondary N) is 2. The van der Waals surface area contributed by atoms with E-state index in [-0.39, 0.29) is 21.8 Å². The Balaban J connectivity index is 1.45. The topological polar surface area (TPSA) is 61.7 Å². The van der Waals surface area contributed by atoms with Crippen LogP contribution in [0.25, 0.3) is 5.65 Å². The van der Waals surface area contributed by atoms with Crippen LogP contribution in [-0.2, 0) is 0 Å². The Kier molecular flexibility index (Phi) is 5.74. The number of piperidine rings is 1. The molecule has 0 aromatic carbocycles. The largest absolute Gasteiger partial charge is 0.363 e. The van der Waals surface area contributed by atoms with Crippen LogP contribution in [0.3, 0.4) is 0 Å². The van der Waals surface area contributed by atoms with Gasteiger partial charge in [0.25, 0.3) is 5.91 Å². The zero-order valence-electron chi connectivity index (χ0n) is 18.1. The van der Waals surface area contributed by atoms with Crippen molar-refractivity contribution in [2.45, 2.75) is 52.1 Å². The normalized spacial score (nSPS) is 15.6. The first-order chi connectivity index (χ1) is 14.6. The third kappa shape index (κ3) is 4.88. The fraction of sp³-hybridized carbons (Fsp3) is 0.455. The molecule has 0 unspecified atom stereocenters. The summed E-state index contributed by atoms with van der Waals surface area (Å²) in [5, 5.41) is 6.96. The maximum atomic E-state index is 14.6. The van der Waals surface area contributed by atoms with E-state index in [1.54, 1.807) is 19.3 Å². The van der Waals surface area contributed by atoms with Crippen LogP contribution in [0.2, 0.25) is 0 Å². The third-order valence-electron chi connectivity index (χ3n) is 5.21. The number of aryl methyl sites for hydroxylation is 1. The average Bonchev–Trinajstić information content (AvgIpc) is 3.23. The number of aromatic nitrogens is 2. The number of thiophene rings is 1. The van der Waals surface area contributed by atoms with E-state index < -0.39 is 17.5 Å². The maximum absolute atomic E-state index is 14.6. The standard InChI is InChI=1S/C22H27F2N5OS/c1-13-11-29-12-15(9-17(24)20(29)25-13)26-21(30)19-16(23)10-18(31-19)28-7-5-14(6-8-28)27-22(2,3)4/h9-12,14,27H,5-8H2,1-4H3,(H,26,30). The first-order valence-electron chi connectivity index (χ1n) is 10.4. The number of nitrogens with zero attached hydrogens (tertiary/aromatic N) is 3. The van der Waals surface area contributed by atoms with Crippen LogP contribution < -0.4 is 15.5 Å². The summed E-state index contributed by atoms with van der Waals surface area (Å²) >= 11 is 1.13. The molecule has 4 heterocycles. The van der Waals surface area contributed by atoms with Crippen LogP contribution in [0.4, 0.5) is 19.5 Å². The molecule has 2 N–H and O–H groups in total. The van der Waals surface area contributed by atoms with Gasteiger partial charge in [-0.1, -0.05) is 0 Å². The van der Waals surface area contributed by atoms with Crippen LogP contribution in [0.5, 0.6) is 0 Å². The summed E-state index contributed by atoms with van der Waals surface area (Å²) in [6.45, 7) is 9.81. The second-order valence-electron chi connectivity index (χ2n) is 9.06. The first kappa shape index (κ1) is 21.7. The lowest BCUT2D eigenvalue weighted by Crippen LogP contribution is -2.49. The van der Waals surface area contributed by atoms with Gasteiger partial charge in [-0.3, -0.25) is 4.79 Å². The number of hydrogen-bond donors (Lipinski definition) is 2. The van der Waals surface area contributed by atoms with Crippen molar-refractivity contribution in [1.29, 1.82) is 0 Å². The predicted molar refractivity (Wildman–Crippen MR) is 120 cm³/mol. The zero-order valence-corrected chi connectivity index (χ0v) is 18.9. The number of fused-ring (bicyclic) bond motifs is 1. The number of pyridine rings is 1. The summed E-state index contributed by atoms with van der Waals surface area (Å²) in [6.07, 6.45) is 5.15. The minimum Gasteiger partial charge on any atom is -0.363 e. The predicted octanol–water partition coefficient (Wildman–Crippen LogP) is 4.59. The smallest absolute Gasteiger partial charge is 0.268 e. The van der Waals surface area contributed by atoms with Gasteiger partial charge in [0.1, 0.15) is 10.7 Å². The lowest BCUT2D eigenvalue weighted by atomic mass is 10.0. The molecule has 3 aromatic heterocycles. The van der Waals surface area contributed by atoms with E-state index in [1.807, 2.05) is 0 Å². The summed E-state index contributed by atoms with van der Waals surface area (Å²) in [5.74, 6) is -1.70. The van der Waals surface area contributed by atoms with Crippen molar-refractivity contribution in [3.05, 3.63) is 46.7 Å². The Hall–Kier alpha value is -2.52. The molecule has 1 aliphatic heterocycles. The number of carbonyl (C=O) groups is 1. The van der Waals surface area contributed by atoms with Gasteiger partial charge < -0.3 is 19.9 Å². The molecule has 6 nitrogen and oxygen atoms in total. The second kappa shape index (κ2) is 8.20. The Morgan fingerprint density at radius 1 is 1.16 bits per heavy atom. The quantitative estimate of drug-likeness (QED) is 0.614. The fourth-order valence-corrected chi connectivity index (χ4v) is 4.94. The molecule has 4 rings (SSSR count). The number of hydrogen-bond acceptors (Lipinski definition) is 5. The molecule has 0 spiro atoms. The van der Waals surface area contributed by atoms with Crippen molar-refractivity contribution in [2.75, 3.05) is 23.3 Å². The lowest BCUT2D eigenvalue weighted by molar-refractivity contribution is 0.102. The van der Waals surface area contributed by atoms with Crippen molar-refractivity contribution in [3.63, 3.8) is 0 Å². The number of carbonyl (C=O) groups excluding carboxylic acids is 1. The van der Waals surface area contributed by atoms with Crippen LogP contribution in [0.1, 0.15) is 49.0 Å². The molecular formula is C22H27F2N5OS. The SMILES string of the molecule is Cc1cn2cc(NC(=O)c3sc(N4CCC(NC(C)(C)C)CC4)cc3F)cc(F)c2n1. The Bertz CT molecular complexity index is 1110. The van der Waals surface area contributed by atoms with Crippen molar-refractivity contribution in [2.24, 2.45) is 0 Å². The number of amides is 1. The fourth-order valence-electron chi connectivity index (χ4n) is 3.96. The molecule has 1 saturated heterocycles. The summed E-state index contributed by atoms with van der Waals surface area (Å²) in [4.78, 5) is 18.9. The van der Waals surface area contributed by atoms with Gasteiger partial charge in [0.15, 0.2) is 11.5 Å². The molecule has 0 saturated carbocycles. The van der Waals surface area contributed by atoms with Gasteiger partial charge >= 0.3 is 0 Å². The minimum atomic E-state index is -0.589. The van der Waals surface area contributed by atoms with Crippen molar-refractivity contribution in [3.8, 4) is 0 Å². The minimum absolute atomic E-state index is 0.00717. The molecule has 0 atom stereocenters. The van der Waals surface area contributed by atoms with E-state index >= 15 is 0 Å². The Morgan fingerprint density at radius 3 is 2.55 bits per heavy atom. The van der Waals surface area contributed by atoms with Gasteiger partial charge in [0, 0.05) is 49.2 Å². The van der Waals surface area contributed by atoms with E-state index in [2.05, 4.69) is 41.3 Å². The molecule has 3 aromatic rings. The molecular weight excluding hydrogens is 420 g/mol. The van der Waals surface area contributed by atoms with Crippen LogP contribution in [-0.4, -0.2) is 40.0 Å². The number of halogens is 2.